The number of aromatic nitrogens is 1. The third-order valence-corrected chi connectivity index (χ3v) is 9.05. The van der Waals surface area contributed by atoms with Crippen LogP contribution >= 0.6 is 0 Å². The lowest BCUT2D eigenvalue weighted by Crippen LogP contribution is -2.25. The average Bonchev–Trinajstić information content (AvgIpc) is 3.68. The predicted octanol–water partition coefficient (Wildman–Crippen LogP) is 5.39. The van der Waals surface area contributed by atoms with Crippen molar-refractivity contribution in [1.29, 1.82) is 0 Å². The standard InChI is InChI=1S/C31H31NO6S/c1-3-37-30(34)31(17-18-31)26-15-13-24(14-16-26)23-9-11-25(12-10-23)29-27(21(2)32-38-29)19-28(33)39(35,36)20-22-7-5-4-6-8-22/h4-16,28,33H,3,17-20H2,1-2H3/t28-/m0/s1. The molecule has 0 radical (unpaired) electrons. The number of aliphatic hydroxyl groups excluding tert-OH is 1. The summed E-state index contributed by atoms with van der Waals surface area (Å²) < 4.78 is 36.5. The van der Waals surface area contributed by atoms with Crippen LogP contribution in [0.5, 0.6) is 0 Å². The van der Waals surface area contributed by atoms with Crippen LogP contribution in [0.4, 0.5) is 0 Å². The van der Waals surface area contributed by atoms with E-state index in [1.165, 1.54) is 0 Å². The number of esters is 1. The summed E-state index contributed by atoms with van der Waals surface area (Å²) in [5.41, 5.74) is 3.32. The number of carbonyl (C=O) groups is 1. The van der Waals surface area contributed by atoms with Crippen LogP contribution in [0.25, 0.3) is 22.5 Å². The number of aryl methyl sites for hydroxylation is 1. The van der Waals surface area contributed by atoms with Crippen LogP contribution in [0.2, 0.25) is 0 Å². The molecule has 1 fully saturated rings. The van der Waals surface area contributed by atoms with Crippen molar-refractivity contribution in [3.63, 3.8) is 0 Å². The van der Waals surface area contributed by atoms with Gasteiger partial charge in [0.15, 0.2) is 21.0 Å². The molecular weight excluding hydrogens is 514 g/mol. The highest BCUT2D eigenvalue weighted by Gasteiger charge is 2.52. The molecule has 202 valence electrons. The molecule has 1 heterocycles. The maximum absolute atomic E-state index is 12.8. The van der Waals surface area contributed by atoms with E-state index in [0.717, 1.165) is 35.1 Å². The Hall–Kier alpha value is -3.75. The van der Waals surface area contributed by atoms with Gasteiger partial charge in [-0.05, 0) is 48.9 Å². The average molecular weight is 546 g/mol. The number of nitrogens with zero attached hydrogens (tertiary/aromatic N) is 1. The molecule has 0 amide bonds. The number of benzene rings is 3. The Morgan fingerprint density at radius 1 is 0.974 bits per heavy atom. The summed E-state index contributed by atoms with van der Waals surface area (Å²) in [5, 5.41) is 14.7. The maximum Gasteiger partial charge on any atom is 0.316 e. The minimum atomic E-state index is -3.81. The molecule has 1 aliphatic carbocycles. The Balaban J connectivity index is 1.32. The summed E-state index contributed by atoms with van der Waals surface area (Å²) in [6, 6.07) is 24.5. The van der Waals surface area contributed by atoms with Crippen LogP contribution in [0, 0.1) is 6.92 Å². The number of hydrogen-bond acceptors (Lipinski definition) is 7. The zero-order valence-electron chi connectivity index (χ0n) is 22.0. The van der Waals surface area contributed by atoms with E-state index >= 15 is 0 Å². The molecule has 0 saturated heterocycles. The second-order valence-corrected chi connectivity index (χ2v) is 12.1. The molecule has 0 spiro atoms. The van der Waals surface area contributed by atoms with Crippen molar-refractivity contribution in [2.75, 3.05) is 6.61 Å². The third-order valence-electron chi connectivity index (χ3n) is 7.32. The minimum absolute atomic E-state index is 0.120. The predicted molar refractivity (Wildman–Crippen MR) is 148 cm³/mol. The number of rotatable bonds is 10. The van der Waals surface area contributed by atoms with E-state index in [1.807, 2.05) is 61.5 Å². The second kappa shape index (κ2) is 10.8. The fraction of sp³-hybridized carbons (Fsp3) is 0.290. The van der Waals surface area contributed by atoms with E-state index < -0.39 is 20.7 Å². The second-order valence-electron chi connectivity index (χ2n) is 9.98. The SMILES string of the molecule is CCOC(=O)C1(c2ccc(-c3ccc(-c4onc(C)c4C[C@@H](O)S(=O)(=O)Cc4ccccc4)cc3)cc2)CC1. The number of hydrogen-bond donors (Lipinski definition) is 1. The zero-order chi connectivity index (χ0) is 27.6. The Morgan fingerprint density at radius 3 is 2.15 bits per heavy atom. The van der Waals surface area contributed by atoms with Crippen LogP contribution in [-0.4, -0.2) is 36.7 Å². The van der Waals surface area contributed by atoms with Crippen molar-refractivity contribution in [2.24, 2.45) is 0 Å². The molecular formula is C31H31NO6S. The maximum atomic E-state index is 12.8. The largest absolute Gasteiger partial charge is 0.465 e. The van der Waals surface area contributed by atoms with Crippen LogP contribution < -0.4 is 0 Å². The number of ether oxygens (including phenoxy) is 1. The van der Waals surface area contributed by atoms with Crippen LogP contribution in [-0.2, 0) is 37.0 Å². The fourth-order valence-corrected chi connectivity index (χ4v) is 6.13. The van der Waals surface area contributed by atoms with Crippen LogP contribution in [0.3, 0.4) is 0 Å². The normalized spacial score (nSPS) is 15.1. The highest BCUT2D eigenvalue weighted by Crippen LogP contribution is 2.49. The summed E-state index contributed by atoms with van der Waals surface area (Å²) >= 11 is 0. The van der Waals surface area contributed by atoms with E-state index in [4.69, 9.17) is 9.26 Å². The van der Waals surface area contributed by atoms with Gasteiger partial charge in [-0.2, -0.15) is 0 Å². The minimum Gasteiger partial charge on any atom is -0.465 e. The molecule has 1 aromatic heterocycles. The van der Waals surface area contributed by atoms with Gasteiger partial charge in [0.1, 0.15) is 0 Å². The van der Waals surface area contributed by atoms with E-state index in [0.29, 0.717) is 29.2 Å². The van der Waals surface area contributed by atoms with Crippen LogP contribution in [0.15, 0.2) is 83.4 Å². The summed E-state index contributed by atoms with van der Waals surface area (Å²) in [7, 11) is -3.81. The summed E-state index contributed by atoms with van der Waals surface area (Å²) in [5.74, 6) is 0.0370. The Labute approximate surface area is 228 Å². The molecule has 1 N–H and O–H groups in total. The molecule has 8 heteroatoms. The summed E-state index contributed by atoms with van der Waals surface area (Å²) in [6.45, 7) is 3.93. The van der Waals surface area contributed by atoms with Gasteiger partial charge in [-0.1, -0.05) is 84.0 Å². The first-order chi connectivity index (χ1) is 18.7. The molecule has 1 aliphatic rings. The third kappa shape index (κ3) is 5.53. The van der Waals surface area contributed by atoms with E-state index in [-0.39, 0.29) is 18.1 Å². The molecule has 3 aromatic carbocycles. The van der Waals surface area contributed by atoms with E-state index in [2.05, 4.69) is 5.16 Å². The molecule has 39 heavy (non-hydrogen) atoms. The Bertz CT molecular complexity index is 1550. The lowest BCUT2D eigenvalue weighted by molar-refractivity contribution is -0.146. The van der Waals surface area contributed by atoms with Crippen molar-refractivity contribution >= 4 is 15.8 Å². The molecule has 0 bridgehead atoms. The molecule has 0 aliphatic heterocycles. The molecule has 0 unspecified atom stereocenters. The van der Waals surface area contributed by atoms with Gasteiger partial charge in [-0.25, -0.2) is 8.42 Å². The summed E-state index contributed by atoms with van der Waals surface area (Å²) in [6.07, 6.45) is 1.49. The van der Waals surface area contributed by atoms with Gasteiger partial charge < -0.3 is 14.4 Å². The van der Waals surface area contributed by atoms with Gasteiger partial charge in [0, 0.05) is 17.5 Å². The first kappa shape index (κ1) is 26.8. The fourth-order valence-electron chi connectivity index (χ4n) is 4.86. The lowest BCUT2D eigenvalue weighted by Gasteiger charge is -2.15. The Kier molecular flexibility index (Phi) is 7.42. The van der Waals surface area contributed by atoms with Gasteiger partial charge in [-0.3, -0.25) is 4.79 Å². The van der Waals surface area contributed by atoms with Crippen molar-refractivity contribution in [1.82, 2.24) is 5.16 Å². The topological polar surface area (TPSA) is 107 Å². The summed E-state index contributed by atoms with van der Waals surface area (Å²) in [4.78, 5) is 12.4. The molecule has 1 saturated carbocycles. The zero-order valence-corrected chi connectivity index (χ0v) is 22.8. The highest BCUT2D eigenvalue weighted by molar-refractivity contribution is 7.91. The van der Waals surface area contributed by atoms with Crippen molar-refractivity contribution in [3.05, 3.63) is 101 Å². The van der Waals surface area contributed by atoms with Gasteiger partial charge in [0.25, 0.3) is 0 Å². The Morgan fingerprint density at radius 2 is 1.56 bits per heavy atom. The quantitative estimate of drug-likeness (QED) is 0.266. The monoisotopic (exact) mass is 545 g/mol. The van der Waals surface area contributed by atoms with Gasteiger partial charge >= 0.3 is 5.97 Å². The van der Waals surface area contributed by atoms with Crippen LogP contribution in [0.1, 0.15) is 42.1 Å². The molecule has 5 rings (SSSR count). The van der Waals surface area contributed by atoms with Crippen molar-refractivity contribution in [3.8, 4) is 22.5 Å². The number of aliphatic hydroxyl groups is 1. The van der Waals surface area contributed by atoms with Gasteiger partial charge in [0.05, 0.1) is 23.5 Å². The number of sulfone groups is 1. The smallest absolute Gasteiger partial charge is 0.316 e. The lowest BCUT2D eigenvalue weighted by atomic mass is 9.93. The number of carbonyl (C=O) groups excluding carboxylic acids is 1. The van der Waals surface area contributed by atoms with E-state index in [9.17, 15) is 18.3 Å². The first-order valence-electron chi connectivity index (χ1n) is 13.0. The van der Waals surface area contributed by atoms with Gasteiger partial charge in [0.2, 0.25) is 0 Å². The first-order valence-corrected chi connectivity index (χ1v) is 14.7. The molecule has 4 aromatic rings. The van der Waals surface area contributed by atoms with Gasteiger partial charge in [-0.15, -0.1) is 0 Å². The highest BCUT2D eigenvalue weighted by atomic mass is 32.2. The molecule has 1 atom stereocenters. The van der Waals surface area contributed by atoms with Crippen molar-refractivity contribution in [2.45, 2.75) is 49.7 Å². The molecule has 7 nitrogen and oxygen atoms in total. The van der Waals surface area contributed by atoms with E-state index in [1.54, 1.807) is 31.2 Å². The van der Waals surface area contributed by atoms with Crippen molar-refractivity contribution < 1.29 is 27.6 Å².